The van der Waals surface area contributed by atoms with E-state index in [4.69, 9.17) is 0 Å². The molecule has 1 saturated carbocycles. The molecule has 1 heterocycles. The summed E-state index contributed by atoms with van der Waals surface area (Å²) in [7, 11) is 0. The van der Waals surface area contributed by atoms with Crippen LogP contribution in [0.15, 0.2) is 18.9 Å². The molecule has 0 bridgehead atoms. The Labute approximate surface area is 95.4 Å². The zero-order chi connectivity index (χ0) is 10.7. The number of hydrogen-bond donors (Lipinski definition) is 1. The summed E-state index contributed by atoms with van der Waals surface area (Å²) < 4.78 is 0. The van der Waals surface area contributed by atoms with Gasteiger partial charge in [0.15, 0.2) is 0 Å². The van der Waals surface area contributed by atoms with Gasteiger partial charge in [0.1, 0.15) is 0 Å². The zero-order valence-electron chi connectivity index (χ0n) is 9.20. The van der Waals surface area contributed by atoms with Crippen LogP contribution in [0.2, 0.25) is 0 Å². The highest BCUT2D eigenvalue weighted by Gasteiger charge is 2.22. The molecule has 0 saturated heterocycles. The van der Waals surface area contributed by atoms with Gasteiger partial charge in [0.2, 0.25) is 0 Å². The Bertz CT molecular complexity index is 328. The van der Waals surface area contributed by atoms with Crippen LogP contribution in [0.5, 0.6) is 0 Å². The maximum Gasteiger partial charge on any atom is 0.0959 e. The van der Waals surface area contributed by atoms with Crippen LogP contribution >= 0.6 is 11.3 Å². The van der Waals surface area contributed by atoms with E-state index in [0.717, 1.165) is 12.5 Å². The first kappa shape index (κ1) is 10.8. The van der Waals surface area contributed by atoms with Crippen molar-refractivity contribution in [1.29, 1.82) is 0 Å². The standard InChI is InChI=1S/C12H18N2S/c1-3-9(2)13-7-11-8-14-12(15-11)10-5-4-6-10/h3,8-10,13H,1,4-7H2,2H3. The third kappa shape index (κ3) is 2.67. The molecule has 2 nitrogen and oxygen atoms in total. The number of hydrogen-bond acceptors (Lipinski definition) is 3. The Morgan fingerprint density at radius 1 is 1.73 bits per heavy atom. The summed E-state index contributed by atoms with van der Waals surface area (Å²) in [6.07, 6.45) is 7.99. The minimum absolute atomic E-state index is 0.374. The summed E-state index contributed by atoms with van der Waals surface area (Å²) in [5, 5.41) is 4.73. The first-order valence-electron chi connectivity index (χ1n) is 5.60. The van der Waals surface area contributed by atoms with Gasteiger partial charge in [-0.3, -0.25) is 0 Å². The van der Waals surface area contributed by atoms with E-state index in [1.807, 2.05) is 23.6 Å². The summed E-state index contributed by atoms with van der Waals surface area (Å²) in [6.45, 7) is 6.78. The molecule has 1 fully saturated rings. The Morgan fingerprint density at radius 3 is 3.13 bits per heavy atom. The van der Waals surface area contributed by atoms with Gasteiger partial charge in [-0.2, -0.15) is 0 Å². The van der Waals surface area contributed by atoms with E-state index in [9.17, 15) is 0 Å². The second kappa shape index (κ2) is 4.90. The van der Waals surface area contributed by atoms with Crippen molar-refractivity contribution in [2.45, 2.75) is 44.7 Å². The van der Waals surface area contributed by atoms with E-state index in [2.05, 4.69) is 23.8 Å². The average molecular weight is 222 g/mol. The van der Waals surface area contributed by atoms with E-state index in [1.165, 1.54) is 29.1 Å². The van der Waals surface area contributed by atoms with Gasteiger partial charge in [-0.1, -0.05) is 12.5 Å². The Morgan fingerprint density at radius 2 is 2.53 bits per heavy atom. The van der Waals surface area contributed by atoms with Crippen molar-refractivity contribution >= 4 is 11.3 Å². The summed E-state index contributed by atoms with van der Waals surface area (Å²) in [5.41, 5.74) is 0. The van der Waals surface area contributed by atoms with E-state index in [1.54, 1.807) is 0 Å². The quantitative estimate of drug-likeness (QED) is 0.774. The van der Waals surface area contributed by atoms with Crippen molar-refractivity contribution in [2.75, 3.05) is 0 Å². The van der Waals surface area contributed by atoms with Crippen molar-refractivity contribution in [3.05, 3.63) is 28.7 Å². The van der Waals surface area contributed by atoms with Crippen molar-refractivity contribution in [1.82, 2.24) is 10.3 Å². The molecular weight excluding hydrogens is 204 g/mol. The normalized spacial score (nSPS) is 18.5. The minimum atomic E-state index is 0.374. The molecule has 0 spiro atoms. The number of thiazole rings is 1. The monoisotopic (exact) mass is 222 g/mol. The SMILES string of the molecule is C=CC(C)NCc1cnc(C2CCC2)s1. The van der Waals surface area contributed by atoms with Gasteiger partial charge in [-0.25, -0.2) is 4.98 Å². The van der Waals surface area contributed by atoms with Gasteiger partial charge in [0.05, 0.1) is 5.01 Å². The lowest BCUT2D eigenvalue weighted by molar-refractivity contribution is 0.418. The van der Waals surface area contributed by atoms with Gasteiger partial charge in [0.25, 0.3) is 0 Å². The summed E-state index contributed by atoms with van der Waals surface area (Å²) in [4.78, 5) is 5.83. The third-order valence-corrected chi connectivity index (χ3v) is 4.14. The lowest BCUT2D eigenvalue weighted by atomic mass is 9.86. The van der Waals surface area contributed by atoms with Gasteiger partial charge in [0, 0.05) is 29.6 Å². The van der Waals surface area contributed by atoms with Crippen molar-refractivity contribution in [3.63, 3.8) is 0 Å². The molecule has 3 heteroatoms. The van der Waals surface area contributed by atoms with Crippen molar-refractivity contribution < 1.29 is 0 Å². The van der Waals surface area contributed by atoms with Crippen LogP contribution in [-0.2, 0) is 6.54 Å². The third-order valence-electron chi connectivity index (χ3n) is 2.98. The number of nitrogens with one attached hydrogen (secondary N) is 1. The average Bonchev–Trinajstić information content (AvgIpc) is 2.60. The molecule has 82 valence electrons. The van der Waals surface area contributed by atoms with Crippen molar-refractivity contribution in [3.8, 4) is 0 Å². The number of aromatic nitrogens is 1. The van der Waals surface area contributed by atoms with Gasteiger partial charge in [-0.05, 0) is 19.8 Å². The van der Waals surface area contributed by atoms with E-state index in [-0.39, 0.29) is 0 Å². The molecule has 15 heavy (non-hydrogen) atoms. The second-order valence-electron chi connectivity index (χ2n) is 4.20. The smallest absolute Gasteiger partial charge is 0.0959 e. The number of nitrogens with zero attached hydrogens (tertiary/aromatic N) is 1. The molecule has 0 aliphatic heterocycles. The largest absolute Gasteiger partial charge is 0.306 e. The molecule has 1 atom stereocenters. The molecule has 2 rings (SSSR count). The fraction of sp³-hybridized carbons (Fsp3) is 0.583. The highest BCUT2D eigenvalue weighted by atomic mass is 32.1. The van der Waals surface area contributed by atoms with Crippen molar-refractivity contribution in [2.24, 2.45) is 0 Å². The maximum atomic E-state index is 4.49. The van der Waals surface area contributed by atoms with Gasteiger partial charge in [-0.15, -0.1) is 17.9 Å². The molecular formula is C12H18N2S. The minimum Gasteiger partial charge on any atom is -0.306 e. The fourth-order valence-corrected chi connectivity index (χ4v) is 2.63. The molecule has 0 aromatic carbocycles. The van der Waals surface area contributed by atoms with E-state index >= 15 is 0 Å². The van der Waals surface area contributed by atoms with Crippen LogP contribution in [0.1, 0.15) is 42.0 Å². The van der Waals surface area contributed by atoms with E-state index < -0.39 is 0 Å². The first-order chi connectivity index (χ1) is 7.29. The molecule has 1 aromatic heterocycles. The van der Waals surface area contributed by atoms with Crippen LogP contribution in [0.25, 0.3) is 0 Å². The Balaban J connectivity index is 1.86. The fourth-order valence-electron chi connectivity index (χ4n) is 1.59. The second-order valence-corrected chi connectivity index (χ2v) is 5.34. The summed E-state index contributed by atoms with van der Waals surface area (Å²) in [6, 6.07) is 0.374. The molecule has 0 amide bonds. The maximum absolute atomic E-state index is 4.49. The molecule has 1 unspecified atom stereocenters. The molecule has 0 radical (unpaired) electrons. The highest BCUT2D eigenvalue weighted by molar-refractivity contribution is 7.11. The number of rotatable bonds is 5. The predicted octanol–water partition coefficient (Wildman–Crippen LogP) is 3.07. The molecule has 1 aliphatic rings. The topological polar surface area (TPSA) is 24.9 Å². The van der Waals surface area contributed by atoms with Crippen LogP contribution in [0.3, 0.4) is 0 Å². The van der Waals surface area contributed by atoms with E-state index in [0.29, 0.717) is 6.04 Å². The van der Waals surface area contributed by atoms with Crippen LogP contribution < -0.4 is 5.32 Å². The zero-order valence-corrected chi connectivity index (χ0v) is 10.0. The van der Waals surface area contributed by atoms with Gasteiger partial charge < -0.3 is 5.32 Å². The Hall–Kier alpha value is -0.670. The van der Waals surface area contributed by atoms with Crippen LogP contribution in [0.4, 0.5) is 0 Å². The molecule has 1 aliphatic carbocycles. The summed E-state index contributed by atoms with van der Waals surface area (Å²) >= 11 is 1.86. The molecule has 1 aromatic rings. The Kier molecular flexibility index (Phi) is 3.54. The lowest BCUT2D eigenvalue weighted by Gasteiger charge is -2.22. The lowest BCUT2D eigenvalue weighted by Crippen LogP contribution is -2.22. The van der Waals surface area contributed by atoms with Crippen LogP contribution in [-0.4, -0.2) is 11.0 Å². The van der Waals surface area contributed by atoms with Crippen LogP contribution in [0, 0.1) is 0 Å². The highest BCUT2D eigenvalue weighted by Crippen LogP contribution is 2.38. The van der Waals surface area contributed by atoms with Gasteiger partial charge >= 0.3 is 0 Å². The summed E-state index contributed by atoms with van der Waals surface area (Å²) in [5.74, 6) is 0.764. The molecule has 1 N–H and O–H groups in total. The predicted molar refractivity (Wildman–Crippen MR) is 65.2 cm³/mol. The first-order valence-corrected chi connectivity index (χ1v) is 6.42.